The van der Waals surface area contributed by atoms with Crippen molar-refractivity contribution in [2.24, 2.45) is 0 Å². The van der Waals surface area contributed by atoms with Gasteiger partial charge in [-0.05, 0) is 18.2 Å². The Bertz CT molecular complexity index is 574. The van der Waals surface area contributed by atoms with Gasteiger partial charge in [-0.1, -0.05) is 25.1 Å². The van der Waals surface area contributed by atoms with Gasteiger partial charge in [-0.2, -0.15) is 0 Å². The summed E-state index contributed by atoms with van der Waals surface area (Å²) < 4.78 is 5.43. The first kappa shape index (κ1) is 13.2. The van der Waals surface area contributed by atoms with Crippen molar-refractivity contribution in [1.29, 1.82) is 0 Å². The summed E-state index contributed by atoms with van der Waals surface area (Å²) in [4.78, 5) is 13.7. The minimum absolute atomic E-state index is 0.191. The molecule has 0 aliphatic carbocycles. The lowest BCUT2D eigenvalue weighted by molar-refractivity contribution is 0.0751. The molecule has 19 heavy (non-hydrogen) atoms. The zero-order chi connectivity index (χ0) is 13.8. The Hall–Kier alpha value is -2.23. The molecule has 1 aromatic heterocycles. The summed E-state index contributed by atoms with van der Waals surface area (Å²) in [5.41, 5.74) is 0.709. The second kappa shape index (κ2) is 5.61. The third-order valence-corrected chi connectivity index (χ3v) is 2.97. The number of nitrogens with zero attached hydrogens (tertiary/aromatic N) is 1. The first-order valence-electron chi connectivity index (χ1n) is 6.23. The predicted octanol–water partition coefficient (Wildman–Crippen LogP) is 2.82. The lowest BCUT2D eigenvalue weighted by atomic mass is 10.2. The Morgan fingerprint density at radius 1 is 1.26 bits per heavy atom. The Morgan fingerprint density at radius 3 is 2.63 bits per heavy atom. The van der Waals surface area contributed by atoms with Crippen LogP contribution in [-0.2, 0) is 13.0 Å². The summed E-state index contributed by atoms with van der Waals surface area (Å²) in [5, 5.41) is 9.69. The molecule has 0 unspecified atom stereocenters. The van der Waals surface area contributed by atoms with Crippen LogP contribution in [0, 0.1) is 0 Å². The Morgan fingerprint density at radius 2 is 2.00 bits per heavy atom. The molecule has 0 spiro atoms. The molecule has 0 radical (unpaired) electrons. The first-order valence-corrected chi connectivity index (χ1v) is 6.23. The van der Waals surface area contributed by atoms with E-state index < -0.39 is 0 Å². The molecule has 0 bridgehead atoms. The molecule has 0 saturated carbocycles. The highest BCUT2D eigenvalue weighted by atomic mass is 16.4. The van der Waals surface area contributed by atoms with E-state index in [0.717, 1.165) is 12.2 Å². The number of hydrogen-bond acceptors (Lipinski definition) is 3. The monoisotopic (exact) mass is 259 g/mol. The normalized spacial score (nSPS) is 10.4. The topological polar surface area (TPSA) is 53.7 Å². The van der Waals surface area contributed by atoms with Crippen LogP contribution < -0.4 is 0 Å². The standard InChI is InChI=1S/C15H17NO3/c1-3-12-8-9-14(19-12)15(18)16(2)10-11-6-4-5-7-13(11)17/h4-9,17H,3,10H2,1-2H3. The summed E-state index contributed by atoms with van der Waals surface area (Å²) in [7, 11) is 1.68. The summed E-state index contributed by atoms with van der Waals surface area (Å²) in [6.07, 6.45) is 0.760. The number of benzene rings is 1. The molecular weight excluding hydrogens is 242 g/mol. The number of phenols is 1. The quantitative estimate of drug-likeness (QED) is 0.918. The molecule has 1 aromatic carbocycles. The number of furan rings is 1. The van der Waals surface area contributed by atoms with E-state index in [2.05, 4.69) is 0 Å². The number of hydrogen-bond donors (Lipinski definition) is 1. The number of aromatic hydroxyl groups is 1. The zero-order valence-electron chi connectivity index (χ0n) is 11.1. The van der Waals surface area contributed by atoms with E-state index in [0.29, 0.717) is 17.9 Å². The summed E-state index contributed by atoms with van der Waals surface area (Å²) in [5.74, 6) is 1.12. The van der Waals surface area contributed by atoms with Crippen molar-refractivity contribution in [3.63, 3.8) is 0 Å². The fraction of sp³-hybridized carbons (Fsp3) is 0.267. The van der Waals surface area contributed by atoms with Gasteiger partial charge >= 0.3 is 0 Å². The number of rotatable bonds is 4. The first-order chi connectivity index (χ1) is 9.11. The van der Waals surface area contributed by atoms with Crippen LogP contribution >= 0.6 is 0 Å². The maximum Gasteiger partial charge on any atom is 0.289 e. The average Bonchev–Trinajstić information content (AvgIpc) is 2.89. The van der Waals surface area contributed by atoms with Gasteiger partial charge < -0.3 is 14.4 Å². The highest BCUT2D eigenvalue weighted by Gasteiger charge is 2.16. The van der Waals surface area contributed by atoms with E-state index in [4.69, 9.17) is 4.42 Å². The van der Waals surface area contributed by atoms with Crippen LogP contribution in [0.15, 0.2) is 40.8 Å². The second-order valence-electron chi connectivity index (χ2n) is 4.41. The van der Waals surface area contributed by atoms with Gasteiger partial charge in [0.2, 0.25) is 0 Å². The van der Waals surface area contributed by atoms with Crippen molar-refractivity contribution in [3.05, 3.63) is 53.5 Å². The third-order valence-electron chi connectivity index (χ3n) is 2.97. The number of phenolic OH excluding ortho intramolecular Hbond substituents is 1. The van der Waals surface area contributed by atoms with Gasteiger partial charge in [0.05, 0.1) is 0 Å². The van der Waals surface area contributed by atoms with Crippen molar-refractivity contribution >= 4 is 5.91 Å². The molecule has 100 valence electrons. The molecule has 2 rings (SSSR count). The number of aryl methyl sites for hydroxylation is 1. The van der Waals surface area contributed by atoms with Crippen molar-refractivity contribution in [1.82, 2.24) is 4.90 Å². The van der Waals surface area contributed by atoms with Crippen molar-refractivity contribution in [2.75, 3.05) is 7.05 Å². The summed E-state index contributed by atoms with van der Waals surface area (Å²) >= 11 is 0. The maximum absolute atomic E-state index is 12.1. The maximum atomic E-state index is 12.1. The fourth-order valence-corrected chi connectivity index (χ4v) is 1.84. The Labute approximate surface area is 112 Å². The molecule has 0 fully saturated rings. The molecule has 4 nitrogen and oxygen atoms in total. The molecule has 0 atom stereocenters. The molecule has 0 saturated heterocycles. The fourth-order valence-electron chi connectivity index (χ4n) is 1.84. The number of carbonyl (C=O) groups excluding carboxylic acids is 1. The lowest BCUT2D eigenvalue weighted by Crippen LogP contribution is -2.25. The van der Waals surface area contributed by atoms with Gasteiger partial charge in [0.1, 0.15) is 11.5 Å². The van der Waals surface area contributed by atoms with Gasteiger partial charge in [0, 0.05) is 25.6 Å². The predicted molar refractivity (Wildman–Crippen MR) is 72.0 cm³/mol. The van der Waals surface area contributed by atoms with Crippen LogP contribution in [0.3, 0.4) is 0 Å². The molecule has 1 amide bonds. The smallest absolute Gasteiger partial charge is 0.289 e. The summed E-state index contributed by atoms with van der Waals surface area (Å²) in [6.45, 7) is 2.31. The SMILES string of the molecule is CCc1ccc(C(=O)N(C)Cc2ccccc2O)o1. The Kier molecular flexibility index (Phi) is 3.90. The number of carbonyl (C=O) groups is 1. The average molecular weight is 259 g/mol. The van der Waals surface area contributed by atoms with E-state index in [-0.39, 0.29) is 11.7 Å². The Balaban J connectivity index is 2.09. The van der Waals surface area contributed by atoms with Gasteiger partial charge in [-0.15, -0.1) is 0 Å². The molecule has 0 aliphatic heterocycles. The van der Waals surface area contributed by atoms with Gasteiger partial charge in [0.15, 0.2) is 5.76 Å². The second-order valence-corrected chi connectivity index (χ2v) is 4.41. The lowest BCUT2D eigenvalue weighted by Gasteiger charge is -2.16. The minimum atomic E-state index is -0.192. The van der Waals surface area contributed by atoms with Gasteiger partial charge in [0.25, 0.3) is 5.91 Å². The van der Waals surface area contributed by atoms with Crippen molar-refractivity contribution < 1.29 is 14.3 Å². The molecule has 1 heterocycles. The van der Waals surface area contributed by atoms with Crippen LogP contribution in [-0.4, -0.2) is 23.0 Å². The van der Waals surface area contributed by atoms with E-state index >= 15 is 0 Å². The van der Waals surface area contributed by atoms with Crippen LogP contribution in [0.2, 0.25) is 0 Å². The van der Waals surface area contributed by atoms with Crippen LogP contribution in [0.5, 0.6) is 5.75 Å². The van der Waals surface area contributed by atoms with Gasteiger partial charge in [-0.25, -0.2) is 0 Å². The van der Waals surface area contributed by atoms with Crippen LogP contribution in [0.4, 0.5) is 0 Å². The molecule has 0 aliphatic rings. The molecule has 2 aromatic rings. The van der Waals surface area contributed by atoms with E-state index in [1.54, 1.807) is 37.4 Å². The van der Waals surface area contributed by atoms with Crippen molar-refractivity contribution in [3.8, 4) is 5.75 Å². The van der Waals surface area contributed by atoms with E-state index in [1.807, 2.05) is 13.0 Å². The van der Waals surface area contributed by atoms with E-state index in [9.17, 15) is 9.90 Å². The number of amides is 1. The summed E-state index contributed by atoms with van der Waals surface area (Å²) in [6, 6.07) is 10.5. The van der Waals surface area contributed by atoms with Crippen LogP contribution in [0.25, 0.3) is 0 Å². The molecule has 1 N–H and O–H groups in total. The highest BCUT2D eigenvalue weighted by Crippen LogP contribution is 2.18. The van der Waals surface area contributed by atoms with E-state index in [1.165, 1.54) is 4.90 Å². The minimum Gasteiger partial charge on any atom is -0.508 e. The van der Waals surface area contributed by atoms with Crippen molar-refractivity contribution in [2.45, 2.75) is 19.9 Å². The number of para-hydroxylation sites is 1. The van der Waals surface area contributed by atoms with Gasteiger partial charge in [-0.3, -0.25) is 4.79 Å². The molecule has 4 heteroatoms. The molecular formula is C15H17NO3. The third kappa shape index (κ3) is 2.96. The van der Waals surface area contributed by atoms with Crippen LogP contribution in [0.1, 0.15) is 28.8 Å². The largest absolute Gasteiger partial charge is 0.508 e. The zero-order valence-corrected chi connectivity index (χ0v) is 11.1. The highest BCUT2D eigenvalue weighted by molar-refractivity contribution is 5.91.